The van der Waals surface area contributed by atoms with E-state index < -0.39 is 16.1 Å². The van der Waals surface area contributed by atoms with E-state index in [-0.39, 0.29) is 11.6 Å². The number of hydrogen-bond donors (Lipinski definition) is 2. The molecule has 0 saturated carbocycles. The van der Waals surface area contributed by atoms with Gasteiger partial charge in [-0.2, -0.15) is 0 Å². The van der Waals surface area contributed by atoms with Crippen molar-refractivity contribution in [3.63, 3.8) is 0 Å². The van der Waals surface area contributed by atoms with Crippen molar-refractivity contribution in [1.29, 1.82) is 0 Å². The van der Waals surface area contributed by atoms with Crippen molar-refractivity contribution < 1.29 is 14.5 Å². The molecule has 2 amide bonds. The lowest BCUT2D eigenvalue weighted by Gasteiger charge is -2.11. The molecule has 0 fully saturated rings. The summed E-state index contributed by atoms with van der Waals surface area (Å²) in [6.45, 7) is 1.68. The zero-order chi connectivity index (χ0) is 19.4. The maximum Gasteiger partial charge on any atom is 0.270 e. The average Bonchev–Trinajstić information content (AvgIpc) is 3.07. The third-order valence-corrected chi connectivity index (χ3v) is 5.76. The fourth-order valence-electron chi connectivity index (χ4n) is 2.14. The molecular weight excluding hydrogens is 388 g/mol. The lowest BCUT2D eigenvalue weighted by molar-refractivity contribution is -0.384. The minimum absolute atomic E-state index is 0.00267. The Kier molecular flexibility index (Phi) is 5.67. The third-order valence-electron chi connectivity index (χ3n) is 3.55. The number of nitro groups is 1. The maximum atomic E-state index is 12.2. The number of fused-ring (bicyclic) bond motifs is 1. The van der Waals surface area contributed by atoms with Gasteiger partial charge in [-0.3, -0.25) is 30.6 Å². The second-order valence-corrected chi connectivity index (χ2v) is 8.08. The van der Waals surface area contributed by atoms with Gasteiger partial charge in [0.25, 0.3) is 17.5 Å². The molecular formula is C17H14N4O4S2. The van der Waals surface area contributed by atoms with Crippen LogP contribution in [0.15, 0.2) is 52.9 Å². The van der Waals surface area contributed by atoms with Gasteiger partial charge in [-0.15, -0.1) is 11.3 Å². The molecule has 0 unspecified atom stereocenters. The number of rotatable bonds is 5. The van der Waals surface area contributed by atoms with Crippen LogP contribution in [0.4, 0.5) is 5.69 Å². The summed E-state index contributed by atoms with van der Waals surface area (Å²) in [5.41, 5.74) is 5.83. The van der Waals surface area contributed by atoms with E-state index in [1.807, 2.05) is 0 Å². The van der Waals surface area contributed by atoms with Gasteiger partial charge in [0, 0.05) is 17.7 Å². The van der Waals surface area contributed by atoms with E-state index in [0.717, 1.165) is 0 Å². The Bertz CT molecular complexity index is 1010. The average molecular weight is 402 g/mol. The fourth-order valence-corrected chi connectivity index (χ4v) is 4.39. The predicted molar refractivity (Wildman–Crippen MR) is 104 cm³/mol. The summed E-state index contributed by atoms with van der Waals surface area (Å²) in [5.74, 6) is -0.789. The van der Waals surface area contributed by atoms with E-state index in [1.54, 1.807) is 43.3 Å². The quantitative estimate of drug-likeness (QED) is 0.385. The minimum Gasteiger partial charge on any atom is -0.272 e. The number of nitrogens with zero attached hydrogens (tertiary/aromatic N) is 2. The molecule has 3 aromatic rings. The first-order valence-corrected chi connectivity index (χ1v) is 9.50. The number of non-ortho nitro benzene ring substituents is 1. The number of aromatic nitrogens is 1. The maximum absolute atomic E-state index is 12.2. The number of thiazole rings is 1. The Labute approximate surface area is 162 Å². The Hall–Kier alpha value is -2.98. The smallest absolute Gasteiger partial charge is 0.270 e. The monoisotopic (exact) mass is 402 g/mol. The van der Waals surface area contributed by atoms with Crippen molar-refractivity contribution in [3.05, 3.63) is 64.2 Å². The van der Waals surface area contributed by atoms with Gasteiger partial charge in [0.2, 0.25) is 0 Å². The van der Waals surface area contributed by atoms with Crippen LogP contribution in [0.1, 0.15) is 17.3 Å². The topological polar surface area (TPSA) is 114 Å². The van der Waals surface area contributed by atoms with Crippen LogP contribution in [0.25, 0.3) is 10.2 Å². The highest BCUT2D eigenvalue weighted by Crippen LogP contribution is 2.33. The SMILES string of the molecule is C[C@H](Sc1nc2ccc([N+](=O)[O-])cc2s1)C(=O)NNC(=O)c1ccccc1. The van der Waals surface area contributed by atoms with Crippen LogP contribution >= 0.6 is 23.1 Å². The highest BCUT2D eigenvalue weighted by molar-refractivity contribution is 8.02. The van der Waals surface area contributed by atoms with Crippen LogP contribution in [0.2, 0.25) is 0 Å². The molecule has 3 rings (SSSR count). The first-order chi connectivity index (χ1) is 12.9. The summed E-state index contributed by atoms with van der Waals surface area (Å²) in [7, 11) is 0. The molecule has 0 radical (unpaired) electrons. The molecule has 1 atom stereocenters. The highest BCUT2D eigenvalue weighted by Gasteiger charge is 2.18. The molecule has 2 N–H and O–H groups in total. The van der Waals surface area contributed by atoms with Crippen molar-refractivity contribution in [1.82, 2.24) is 15.8 Å². The molecule has 2 aromatic carbocycles. The normalized spacial score (nSPS) is 11.7. The summed E-state index contributed by atoms with van der Waals surface area (Å²) in [4.78, 5) is 38.9. The predicted octanol–water partition coefficient (Wildman–Crippen LogP) is 3.15. The standard InChI is InChI=1S/C17H14N4O4S2/c1-10(15(22)19-20-16(23)11-5-3-2-4-6-11)26-17-18-13-8-7-12(21(24)25)9-14(13)27-17/h2-10H,1H3,(H,19,22)(H,20,23)/t10-/m0/s1. The summed E-state index contributed by atoms with van der Waals surface area (Å²) in [6, 6.07) is 13.0. The van der Waals surface area contributed by atoms with E-state index >= 15 is 0 Å². The second kappa shape index (κ2) is 8.14. The lowest BCUT2D eigenvalue weighted by atomic mass is 10.2. The third kappa shape index (κ3) is 4.60. The van der Waals surface area contributed by atoms with Gasteiger partial charge in [0.15, 0.2) is 4.34 Å². The van der Waals surface area contributed by atoms with Crippen LogP contribution in [-0.4, -0.2) is 27.0 Å². The highest BCUT2D eigenvalue weighted by atomic mass is 32.2. The Morgan fingerprint density at radius 1 is 1.19 bits per heavy atom. The number of carbonyl (C=O) groups excluding carboxylic acids is 2. The summed E-state index contributed by atoms with van der Waals surface area (Å²) in [6.07, 6.45) is 0. The number of nitrogens with one attached hydrogen (secondary N) is 2. The minimum atomic E-state index is -0.517. The molecule has 0 aliphatic carbocycles. The van der Waals surface area contributed by atoms with Crippen LogP contribution in [0.5, 0.6) is 0 Å². The van der Waals surface area contributed by atoms with Crippen molar-refractivity contribution >= 4 is 50.8 Å². The molecule has 1 aromatic heterocycles. The lowest BCUT2D eigenvalue weighted by Crippen LogP contribution is -2.44. The van der Waals surface area contributed by atoms with Gasteiger partial charge in [0.05, 0.1) is 20.4 Å². The molecule has 8 nitrogen and oxygen atoms in total. The fraction of sp³-hybridized carbons (Fsp3) is 0.118. The molecule has 0 aliphatic rings. The van der Waals surface area contributed by atoms with Crippen LogP contribution in [0.3, 0.4) is 0 Å². The Balaban J connectivity index is 1.60. The van der Waals surface area contributed by atoms with Crippen molar-refractivity contribution in [2.75, 3.05) is 0 Å². The summed E-state index contributed by atoms with van der Waals surface area (Å²) in [5, 5.41) is 10.3. The summed E-state index contributed by atoms with van der Waals surface area (Å²) >= 11 is 2.49. The molecule has 27 heavy (non-hydrogen) atoms. The zero-order valence-corrected chi connectivity index (χ0v) is 15.7. The van der Waals surface area contributed by atoms with Crippen molar-refractivity contribution in [2.24, 2.45) is 0 Å². The van der Waals surface area contributed by atoms with Gasteiger partial charge in [0.1, 0.15) is 0 Å². The van der Waals surface area contributed by atoms with E-state index in [1.165, 1.54) is 35.2 Å². The molecule has 0 aliphatic heterocycles. The zero-order valence-electron chi connectivity index (χ0n) is 14.0. The molecule has 1 heterocycles. The van der Waals surface area contributed by atoms with Crippen LogP contribution < -0.4 is 10.9 Å². The van der Waals surface area contributed by atoms with Crippen molar-refractivity contribution in [2.45, 2.75) is 16.5 Å². The number of amides is 2. The largest absolute Gasteiger partial charge is 0.272 e. The molecule has 0 saturated heterocycles. The second-order valence-electron chi connectivity index (χ2n) is 5.46. The van der Waals surface area contributed by atoms with Gasteiger partial charge >= 0.3 is 0 Å². The number of benzene rings is 2. The number of nitro benzene ring substituents is 1. The first-order valence-electron chi connectivity index (χ1n) is 7.81. The molecule has 0 spiro atoms. The number of hydrogen-bond acceptors (Lipinski definition) is 7. The van der Waals surface area contributed by atoms with E-state index in [9.17, 15) is 19.7 Å². The van der Waals surface area contributed by atoms with E-state index in [0.29, 0.717) is 20.1 Å². The van der Waals surface area contributed by atoms with Crippen LogP contribution in [0, 0.1) is 10.1 Å². The molecule has 10 heteroatoms. The number of carbonyl (C=O) groups is 2. The Morgan fingerprint density at radius 3 is 2.63 bits per heavy atom. The number of thioether (sulfide) groups is 1. The molecule has 0 bridgehead atoms. The van der Waals surface area contributed by atoms with Gasteiger partial charge in [-0.25, -0.2) is 4.98 Å². The van der Waals surface area contributed by atoms with Gasteiger partial charge in [-0.05, 0) is 25.1 Å². The van der Waals surface area contributed by atoms with Crippen LogP contribution in [-0.2, 0) is 4.79 Å². The van der Waals surface area contributed by atoms with Gasteiger partial charge < -0.3 is 0 Å². The molecule has 138 valence electrons. The van der Waals surface area contributed by atoms with E-state index in [4.69, 9.17) is 0 Å². The summed E-state index contributed by atoms with van der Waals surface area (Å²) < 4.78 is 1.29. The number of hydrazine groups is 1. The van der Waals surface area contributed by atoms with E-state index in [2.05, 4.69) is 15.8 Å². The Morgan fingerprint density at radius 2 is 1.93 bits per heavy atom. The van der Waals surface area contributed by atoms with Gasteiger partial charge in [-0.1, -0.05) is 30.0 Å². The first kappa shape index (κ1) is 18.8. The van der Waals surface area contributed by atoms with Crippen molar-refractivity contribution in [3.8, 4) is 0 Å².